The van der Waals surface area contributed by atoms with Crippen LogP contribution in [0.1, 0.15) is 47.0 Å². The van der Waals surface area contributed by atoms with E-state index in [-0.39, 0.29) is 0 Å². The summed E-state index contributed by atoms with van der Waals surface area (Å²) in [4.78, 5) is 0. The smallest absolute Gasteiger partial charge is 0.0661 e. The topological polar surface area (TPSA) is 21.3 Å². The summed E-state index contributed by atoms with van der Waals surface area (Å²) in [6, 6.07) is 0.657. The Morgan fingerprint density at radius 1 is 1.33 bits per heavy atom. The maximum Gasteiger partial charge on any atom is 0.0661 e. The van der Waals surface area contributed by atoms with Crippen molar-refractivity contribution in [3.8, 4) is 0 Å². The molecule has 0 aromatic carbocycles. The van der Waals surface area contributed by atoms with Crippen LogP contribution < -0.4 is 5.32 Å². The first-order chi connectivity index (χ1) is 7.10. The first kappa shape index (κ1) is 13.0. The van der Waals surface area contributed by atoms with Gasteiger partial charge in [-0.1, -0.05) is 27.7 Å². The zero-order valence-electron chi connectivity index (χ0n) is 11.0. The molecule has 0 spiro atoms. The van der Waals surface area contributed by atoms with Gasteiger partial charge in [0, 0.05) is 18.1 Å². The molecule has 0 saturated heterocycles. The van der Waals surface area contributed by atoms with E-state index >= 15 is 0 Å². The molecule has 0 aliphatic heterocycles. The van der Waals surface area contributed by atoms with Crippen LogP contribution in [0.3, 0.4) is 0 Å². The van der Waals surface area contributed by atoms with Crippen LogP contribution in [-0.4, -0.2) is 25.8 Å². The maximum absolute atomic E-state index is 6.03. The number of nitrogens with one attached hydrogen (secondary N) is 1. The molecule has 1 aliphatic carbocycles. The molecule has 0 aromatic heterocycles. The predicted octanol–water partition coefficient (Wildman–Crippen LogP) is 2.83. The van der Waals surface area contributed by atoms with E-state index < -0.39 is 0 Å². The van der Waals surface area contributed by atoms with Gasteiger partial charge in [-0.15, -0.1) is 0 Å². The highest BCUT2D eigenvalue weighted by Crippen LogP contribution is 2.48. The second-order valence-electron chi connectivity index (χ2n) is 5.23. The summed E-state index contributed by atoms with van der Waals surface area (Å²) >= 11 is 0. The molecule has 2 unspecified atom stereocenters. The molecule has 2 atom stereocenters. The lowest BCUT2D eigenvalue weighted by atomic mass is 9.58. The molecule has 90 valence electrons. The lowest BCUT2D eigenvalue weighted by Gasteiger charge is -2.55. The van der Waals surface area contributed by atoms with Crippen molar-refractivity contribution in [2.45, 2.75) is 59.1 Å². The Labute approximate surface area is 94.8 Å². The molecule has 1 fully saturated rings. The lowest BCUT2D eigenvalue weighted by molar-refractivity contribution is -0.144. The number of hydrogen-bond donors (Lipinski definition) is 1. The minimum atomic E-state index is 0.392. The molecule has 15 heavy (non-hydrogen) atoms. The van der Waals surface area contributed by atoms with Gasteiger partial charge in [0.15, 0.2) is 0 Å². The summed E-state index contributed by atoms with van der Waals surface area (Å²) in [5.41, 5.74) is 0.392. The van der Waals surface area contributed by atoms with Crippen molar-refractivity contribution < 1.29 is 4.74 Å². The van der Waals surface area contributed by atoms with Crippen LogP contribution >= 0.6 is 0 Å². The molecule has 1 N–H and O–H groups in total. The Morgan fingerprint density at radius 3 is 2.33 bits per heavy atom. The lowest BCUT2D eigenvalue weighted by Crippen LogP contribution is -2.62. The van der Waals surface area contributed by atoms with E-state index in [9.17, 15) is 0 Å². The molecular formula is C13H27NO. The van der Waals surface area contributed by atoms with E-state index in [1.807, 2.05) is 0 Å². The van der Waals surface area contributed by atoms with Crippen molar-refractivity contribution in [3.05, 3.63) is 0 Å². The van der Waals surface area contributed by atoms with Gasteiger partial charge in [-0.2, -0.15) is 0 Å². The number of hydrogen-bond acceptors (Lipinski definition) is 2. The minimum Gasteiger partial charge on any atom is -0.377 e. The molecule has 0 aromatic rings. The van der Waals surface area contributed by atoms with Gasteiger partial charge < -0.3 is 10.1 Å². The molecule has 2 nitrogen and oxygen atoms in total. The van der Waals surface area contributed by atoms with Gasteiger partial charge in [0.2, 0.25) is 0 Å². The van der Waals surface area contributed by atoms with Crippen molar-refractivity contribution in [3.63, 3.8) is 0 Å². The Hall–Kier alpha value is -0.0800. The first-order valence-corrected chi connectivity index (χ1v) is 6.39. The highest BCUT2D eigenvalue weighted by Gasteiger charge is 2.52. The zero-order chi connectivity index (χ0) is 11.5. The molecule has 1 aliphatic rings. The summed E-state index contributed by atoms with van der Waals surface area (Å²) in [6.07, 6.45) is 4.10. The Kier molecular flexibility index (Phi) is 4.60. The third-order valence-electron chi connectivity index (χ3n) is 4.08. The Bertz CT molecular complexity index is 187. The molecular weight excluding hydrogens is 186 g/mol. The highest BCUT2D eigenvalue weighted by molar-refractivity contribution is 5.06. The average molecular weight is 213 g/mol. The molecule has 2 heteroatoms. The molecule has 0 bridgehead atoms. The van der Waals surface area contributed by atoms with Crippen LogP contribution in [-0.2, 0) is 4.74 Å². The molecule has 1 saturated carbocycles. The van der Waals surface area contributed by atoms with Crippen molar-refractivity contribution in [2.75, 3.05) is 13.7 Å². The van der Waals surface area contributed by atoms with Crippen molar-refractivity contribution in [2.24, 2.45) is 11.3 Å². The fourth-order valence-electron chi connectivity index (χ4n) is 2.89. The highest BCUT2D eigenvalue weighted by atomic mass is 16.5. The maximum atomic E-state index is 6.03. The van der Waals surface area contributed by atoms with Crippen LogP contribution in [0.25, 0.3) is 0 Å². The quantitative estimate of drug-likeness (QED) is 0.732. The summed E-state index contributed by atoms with van der Waals surface area (Å²) in [5.74, 6) is 0.644. The van der Waals surface area contributed by atoms with Gasteiger partial charge in [-0.05, 0) is 32.2 Å². The van der Waals surface area contributed by atoms with Gasteiger partial charge in [0.1, 0.15) is 0 Å². The summed E-state index contributed by atoms with van der Waals surface area (Å²) in [7, 11) is 2.07. The van der Waals surface area contributed by atoms with E-state index in [1.54, 1.807) is 0 Å². The third kappa shape index (κ3) is 2.36. The van der Waals surface area contributed by atoms with Crippen molar-refractivity contribution in [1.82, 2.24) is 5.32 Å². The largest absolute Gasteiger partial charge is 0.377 e. The van der Waals surface area contributed by atoms with E-state index in [0.29, 0.717) is 23.5 Å². The van der Waals surface area contributed by atoms with Gasteiger partial charge in [0.05, 0.1) is 6.10 Å². The van der Waals surface area contributed by atoms with Crippen LogP contribution in [0.15, 0.2) is 0 Å². The fourth-order valence-corrected chi connectivity index (χ4v) is 2.89. The van der Waals surface area contributed by atoms with Gasteiger partial charge in [-0.3, -0.25) is 0 Å². The van der Waals surface area contributed by atoms with Gasteiger partial charge in [0.25, 0.3) is 0 Å². The SMILES string of the molecule is CCC1(CC)C(NC)CC1OCC(C)C. The predicted molar refractivity (Wildman–Crippen MR) is 65.1 cm³/mol. The van der Waals surface area contributed by atoms with E-state index in [0.717, 1.165) is 6.61 Å². The van der Waals surface area contributed by atoms with Crippen LogP contribution in [0.5, 0.6) is 0 Å². The monoisotopic (exact) mass is 213 g/mol. The van der Waals surface area contributed by atoms with Crippen molar-refractivity contribution >= 4 is 0 Å². The fraction of sp³-hybridized carbons (Fsp3) is 1.00. The van der Waals surface area contributed by atoms with Crippen LogP contribution in [0.2, 0.25) is 0 Å². The van der Waals surface area contributed by atoms with E-state index in [1.165, 1.54) is 19.3 Å². The molecule has 0 radical (unpaired) electrons. The van der Waals surface area contributed by atoms with Crippen LogP contribution in [0, 0.1) is 11.3 Å². The average Bonchev–Trinajstić information content (AvgIpc) is 2.18. The molecule has 1 rings (SSSR count). The third-order valence-corrected chi connectivity index (χ3v) is 4.08. The Morgan fingerprint density at radius 2 is 1.93 bits per heavy atom. The summed E-state index contributed by atoms with van der Waals surface area (Å²) in [6.45, 7) is 9.92. The second-order valence-corrected chi connectivity index (χ2v) is 5.23. The van der Waals surface area contributed by atoms with E-state index in [2.05, 4.69) is 40.1 Å². The zero-order valence-corrected chi connectivity index (χ0v) is 11.0. The Balaban J connectivity index is 2.52. The normalized spacial score (nSPS) is 29.2. The summed E-state index contributed by atoms with van der Waals surface area (Å²) < 4.78 is 6.03. The molecule has 0 amide bonds. The standard InChI is InChI=1S/C13H27NO/c1-6-13(7-2)11(14-5)8-12(13)15-9-10(3)4/h10-12,14H,6-9H2,1-5H3. The van der Waals surface area contributed by atoms with Gasteiger partial charge >= 0.3 is 0 Å². The number of ether oxygens (including phenoxy) is 1. The number of rotatable bonds is 6. The van der Waals surface area contributed by atoms with Gasteiger partial charge in [-0.25, -0.2) is 0 Å². The van der Waals surface area contributed by atoms with Crippen LogP contribution in [0.4, 0.5) is 0 Å². The first-order valence-electron chi connectivity index (χ1n) is 6.39. The summed E-state index contributed by atoms with van der Waals surface area (Å²) in [5, 5.41) is 3.43. The molecule has 0 heterocycles. The minimum absolute atomic E-state index is 0.392. The van der Waals surface area contributed by atoms with Crippen molar-refractivity contribution in [1.29, 1.82) is 0 Å². The van der Waals surface area contributed by atoms with E-state index in [4.69, 9.17) is 4.74 Å². The second kappa shape index (κ2) is 5.31.